The van der Waals surface area contributed by atoms with Gasteiger partial charge in [-0.2, -0.15) is 8.78 Å². The van der Waals surface area contributed by atoms with Crippen LogP contribution < -0.4 is 0 Å². The second-order valence-electron chi connectivity index (χ2n) is 2.22. The molecule has 1 saturated heterocycles. The van der Waals surface area contributed by atoms with Crippen LogP contribution in [0.5, 0.6) is 0 Å². The molecule has 13 heavy (non-hydrogen) atoms. The van der Waals surface area contributed by atoms with Gasteiger partial charge in [-0.3, -0.25) is 4.79 Å². The fourth-order valence-electron chi connectivity index (χ4n) is 0.625. The van der Waals surface area contributed by atoms with Gasteiger partial charge in [0.25, 0.3) is 0 Å². The first-order chi connectivity index (χ1) is 5.51. The van der Waals surface area contributed by atoms with Crippen LogP contribution in [0.1, 0.15) is 0 Å². The Hall–Kier alpha value is -0.510. The van der Waals surface area contributed by atoms with Gasteiger partial charge in [-0.25, -0.2) is 0 Å². The van der Waals surface area contributed by atoms with E-state index in [9.17, 15) is 29.7 Å². The average molecular weight is 245 g/mol. The number of carbonyl (C=O) groups is 1. The first kappa shape index (κ1) is 10.6. The number of carbonyl (C=O) groups excluding carboxylic acids is 1. The number of thiocarbonyl (C=S) groups is 1. The Kier molecular flexibility index (Phi) is 1.71. The van der Waals surface area contributed by atoms with Gasteiger partial charge in [0, 0.05) is 0 Å². The maximum Gasteiger partial charge on any atom is 0.413 e. The topological polar surface area (TPSA) is 20.3 Å². The van der Waals surface area contributed by atoms with E-state index in [-0.39, 0.29) is 0 Å². The Balaban J connectivity index is 3.45. The Morgan fingerprint density at radius 3 is 1.77 bits per heavy atom. The zero-order valence-electron chi connectivity index (χ0n) is 5.48. The summed E-state index contributed by atoms with van der Waals surface area (Å²) in [5, 5.41) is -7.38. The fraction of sp³-hybridized carbons (Fsp3) is 0.333. The molecule has 1 amide bonds. The molecule has 78 valence electrons. The lowest BCUT2D eigenvalue weighted by molar-refractivity contribution is -0.151. The Labute approximate surface area is 73.6 Å². The van der Waals surface area contributed by atoms with E-state index in [1.807, 2.05) is 0 Å². The van der Waals surface area contributed by atoms with E-state index >= 15 is 0 Å². The molecular weight excluding hydrogens is 244 g/mol. The molecule has 0 N–H and O–H groups in total. The smallest absolute Gasteiger partial charge is 0.263 e. The molecule has 0 radical (unpaired) electrons. The van der Waals surface area contributed by atoms with Gasteiger partial charge in [-0.15, -0.1) is 16.8 Å². The predicted octanol–water partition coefficient (Wildman–Crippen LogP) is 2.32. The molecular formula is C3HF6NOS2. The highest BCUT2D eigenvalue weighted by atomic mass is 32.4. The highest BCUT2D eigenvalue weighted by Crippen LogP contribution is 2.87. The van der Waals surface area contributed by atoms with Gasteiger partial charge in [0.05, 0.1) is 0 Å². The van der Waals surface area contributed by atoms with Crippen molar-refractivity contribution in [2.24, 2.45) is 0 Å². The van der Waals surface area contributed by atoms with Gasteiger partial charge >= 0.3 is 11.2 Å². The molecule has 0 aromatic rings. The summed E-state index contributed by atoms with van der Waals surface area (Å²) in [7, 11) is -8.37. The molecule has 1 aliphatic rings. The number of rotatable bonds is 0. The van der Waals surface area contributed by atoms with Crippen molar-refractivity contribution >= 4 is 32.8 Å². The van der Waals surface area contributed by atoms with Crippen LogP contribution in [0.4, 0.5) is 24.9 Å². The van der Waals surface area contributed by atoms with E-state index in [1.165, 1.54) is 0 Å². The van der Waals surface area contributed by atoms with Crippen LogP contribution in [0.3, 0.4) is 0 Å². The van der Waals surface area contributed by atoms with Crippen LogP contribution in [0.2, 0.25) is 0 Å². The monoisotopic (exact) mass is 245 g/mol. The summed E-state index contributed by atoms with van der Waals surface area (Å²) in [5.74, 6) is -2.96. The molecule has 1 heterocycles. The van der Waals surface area contributed by atoms with Gasteiger partial charge in [0.1, 0.15) is 0 Å². The molecule has 0 aromatic carbocycles. The first-order valence-electron chi connectivity index (χ1n) is 2.61. The van der Waals surface area contributed by atoms with Crippen LogP contribution in [-0.2, 0) is 4.79 Å². The second kappa shape index (κ2) is 2.11. The number of nitrogens with zero attached hydrogens (tertiary/aromatic N) is 1. The SMILES string of the molecule is O=C1N(F)C(=S)[SH](F)(F)(F)C1(F)F. The lowest BCUT2D eigenvalue weighted by atomic mass is 10.6. The molecule has 1 rings (SSSR count). The highest BCUT2D eigenvalue weighted by Gasteiger charge is 2.79. The Morgan fingerprint density at radius 1 is 1.31 bits per heavy atom. The summed E-state index contributed by atoms with van der Waals surface area (Å²) in [6, 6.07) is 0. The van der Waals surface area contributed by atoms with Crippen molar-refractivity contribution in [3.63, 3.8) is 0 Å². The van der Waals surface area contributed by atoms with E-state index in [0.717, 1.165) is 0 Å². The summed E-state index contributed by atoms with van der Waals surface area (Å²) in [4.78, 5) is 10.1. The van der Waals surface area contributed by atoms with E-state index in [0.29, 0.717) is 0 Å². The summed E-state index contributed by atoms with van der Waals surface area (Å²) in [6.07, 6.45) is 0. The molecule has 0 spiro atoms. The predicted molar refractivity (Wildman–Crippen MR) is 37.8 cm³/mol. The van der Waals surface area contributed by atoms with Gasteiger partial charge < -0.3 is 0 Å². The number of halogens is 6. The van der Waals surface area contributed by atoms with Crippen LogP contribution >= 0.6 is 22.5 Å². The molecule has 1 aliphatic heterocycles. The summed E-state index contributed by atoms with van der Waals surface area (Å²) in [5.41, 5.74) is 0. The molecule has 0 aromatic heterocycles. The van der Waals surface area contributed by atoms with Crippen molar-refractivity contribution in [2.75, 3.05) is 0 Å². The minimum Gasteiger partial charge on any atom is -0.263 e. The van der Waals surface area contributed by atoms with Crippen molar-refractivity contribution in [1.29, 1.82) is 0 Å². The number of hydrogen-bond acceptors (Lipinski definition) is 2. The summed E-state index contributed by atoms with van der Waals surface area (Å²) >= 11 is 3.40. The van der Waals surface area contributed by atoms with Gasteiger partial charge in [-0.05, 0) is 12.2 Å². The van der Waals surface area contributed by atoms with Crippen LogP contribution in [0.15, 0.2) is 0 Å². The van der Waals surface area contributed by atoms with E-state index in [2.05, 4.69) is 12.2 Å². The zero-order valence-corrected chi connectivity index (χ0v) is 7.19. The summed E-state index contributed by atoms with van der Waals surface area (Å²) in [6.45, 7) is 0. The molecule has 0 aliphatic carbocycles. The number of amides is 1. The third-order valence-electron chi connectivity index (χ3n) is 1.37. The fourth-order valence-corrected chi connectivity index (χ4v) is 2.07. The van der Waals surface area contributed by atoms with Crippen molar-refractivity contribution in [3.05, 3.63) is 0 Å². The molecule has 10 heteroatoms. The molecule has 1 fully saturated rings. The average Bonchev–Trinajstić information content (AvgIpc) is 2.03. The van der Waals surface area contributed by atoms with Crippen molar-refractivity contribution in [3.8, 4) is 0 Å². The minimum atomic E-state index is -8.37. The molecule has 0 bridgehead atoms. The van der Waals surface area contributed by atoms with Gasteiger partial charge in [0.2, 0.25) is 4.32 Å². The highest BCUT2D eigenvalue weighted by molar-refractivity contribution is 8.54. The van der Waals surface area contributed by atoms with Crippen molar-refractivity contribution < 1.29 is 29.7 Å². The molecule has 0 unspecified atom stereocenters. The zero-order chi connectivity index (χ0) is 10.7. The van der Waals surface area contributed by atoms with Crippen LogP contribution in [0, 0.1) is 0 Å². The van der Waals surface area contributed by atoms with Crippen molar-refractivity contribution in [2.45, 2.75) is 5.25 Å². The molecule has 2 nitrogen and oxygen atoms in total. The van der Waals surface area contributed by atoms with Crippen LogP contribution in [-0.4, -0.2) is 20.6 Å². The summed E-state index contributed by atoms with van der Waals surface area (Å²) < 4.78 is 71.1. The third kappa shape index (κ3) is 0.923. The normalized spacial score (nSPS) is 32.8. The largest absolute Gasteiger partial charge is 0.413 e. The number of thiol groups is 1. The number of alkyl halides is 2. The Morgan fingerprint density at radius 2 is 1.69 bits per heavy atom. The van der Waals surface area contributed by atoms with Crippen LogP contribution in [0.25, 0.3) is 0 Å². The lowest BCUT2D eigenvalue weighted by Crippen LogP contribution is -2.31. The van der Waals surface area contributed by atoms with E-state index < -0.39 is 30.9 Å². The second-order valence-corrected chi connectivity index (χ2v) is 5.52. The van der Waals surface area contributed by atoms with Gasteiger partial charge in [0.15, 0.2) is 10.3 Å². The van der Waals surface area contributed by atoms with E-state index in [4.69, 9.17) is 0 Å². The van der Waals surface area contributed by atoms with Gasteiger partial charge in [-0.1, -0.05) is 4.48 Å². The van der Waals surface area contributed by atoms with E-state index in [1.54, 1.807) is 0 Å². The standard InChI is InChI=1S/C3HF6NOS2/c4-3(5)1(11)10(6)2(12)13(3,7,8)9/h13H. The third-order valence-corrected chi connectivity index (χ3v) is 4.34. The maximum atomic E-state index is 12.4. The Bertz CT molecular complexity index is 307. The lowest BCUT2D eigenvalue weighted by Gasteiger charge is -2.35. The van der Waals surface area contributed by atoms with Crippen molar-refractivity contribution in [1.82, 2.24) is 5.12 Å². The quantitative estimate of drug-likeness (QED) is 0.306. The maximum absolute atomic E-state index is 12.4. The first-order valence-corrected chi connectivity index (χ1v) is 4.92. The molecule has 0 saturated carbocycles. The minimum absolute atomic E-state index is 1.72. The number of hydrogen-bond donors (Lipinski definition) is 1. The molecule has 0 atom stereocenters.